The largest absolute Gasteiger partial charge is 0.491 e. The van der Waals surface area contributed by atoms with Crippen molar-refractivity contribution in [1.82, 2.24) is 0 Å². The molecule has 10 heteroatoms. The molecular weight excluding hydrogens is 543 g/mol. The molecule has 2 aromatic rings. The van der Waals surface area contributed by atoms with Gasteiger partial charge in [0.15, 0.2) is 5.70 Å². The first-order valence-electron chi connectivity index (χ1n) is 8.74. The zero-order valence-corrected chi connectivity index (χ0v) is 19.7. The number of cyclic esters (lactones) is 1. The van der Waals surface area contributed by atoms with E-state index in [2.05, 4.69) is 50.7 Å². The van der Waals surface area contributed by atoms with E-state index in [4.69, 9.17) is 21.1 Å². The van der Waals surface area contributed by atoms with Gasteiger partial charge in [-0.3, -0.25) is 10.1 Å². The molecule has 30 heavy (non-hydrogen) atoms. The Morgan fingerprint density at radius 1 is 1.27 bits per heavy atom. The lowest BCUT2D eigenvalue weighted by molar-refractivity contribution is -0.384. The van der Waals surface area contributed by atoms with Crippen molar-refractivity contribution in [2.24, 2.45) is 10.9 Å². The number of carbonyl (C=O) groups excluding carboxylic acids is 1. The van der Waals surface area contributed by atoms with Crippen molar-refractivity contribution in [3.63, 3.8) is 0 Å². The lowest BCUT2D eigenvalue weighted by Gasteiger charge is -2.13. The van der Waals surface area contributed by atoms with Gasteiger partial charge >= 0.3 is 5.97 Å². The van der Waals surface area contributed by atoms with Crippen LogP contribution in [0.25, 0.3) is 6.08 Å². The number of ether oxygens (including phenoxy) is 2. The summed E-state index contributed by atoms with van der Waals surface area (Å²) < 4.78 is 12.4. The average Bonchev–Trinajstić information content (AvgIpc) is 3.01. The number of hydrogen-bond acceptors (Lipinski definition) is 6. The maximum Gasteiger partial charge on any atom is 0.363 e. The summed E-state index contributed by atoms with van der Waals surface area (Å²) in [7, 11) is 0. The SMILES string of the molecule is CC(C)COc1c(Br)cc(/C=C2\N=C(c3cc([N+](=O)[O-])ccc3Cl)OC2=O)cc1Br. The Hall–Kier alpha value is -2.23. The van der Waals surface area contributed by atoms with Crippen LogP contribution in [0.2, 0.25) is 5.02 Å². The number of aliphatic imine (C=N–C) groups is 1. The Labute approximate surface area is 194 Å². The third kappa shape index (κ3) is 5.08. The molecule has 1 aliphatic rings. The van der Waals surface area contributed by atoms with E-state index in [0.717, 1.165) is 0 Å². The molecule has 0 bridgehead atoms. The molecule has 1 heterocycles. The van der Waals surface area contributed by atoms with E-state index < -0.39 is 10.9 Å². The summed E-state index contributed by atoms with van der Waals surface area (Å²) in [5.74, 6) is 0.259. The summed E-state index contributed by atoms with van der Waals surface area (Å²) in [6.45, 7) is 4.66. The summed E-state index contributed by atoms with van der Waals surface area (Å²) in [6, 6.07) is 7.41. The van der Waals surface area contributed by atoms with Gasteiger partial charge < -0.3 is 9.47 Å². The van der Waals surface area contributed by atoms with Crippen LogP contribution in [0, 0.1) is 16.0 Å². The first-order valence-corrected chi connectivity index (χ1v) is 10.7. The number of halogens is 3. The highest BCUT2D eigenvalue weighted by atomic mass is 79.9. The molecule has 0 saturated carbocycles. The predicted molar refractivity (Wildman–Crippen MR) is 121 cm³/mol. The molecule has 0 radical (unpaired) electrons. The van der Waals surface area contributed by atoms with E-state index in [1.807, 2.05) is 0 Å². The van der Waals surface area contributed by atoms with E-state index in [1.54, 1.807) is 18.2 Å². The molecule has 1 aliphatic heterocycles. The molecule has 156 valence electrons. The van der Waals surface area contributed by atoms with Crippen molar-refractivity contribution < 1.29 is 19.2 Å². The smallest absolute Gasteiger partial charge is 0.363 e. The molecule has 3 rings (SSSR count). The molecule has 0 atom stereocenters. The van der Waals surface area contributed by atoms with E-state index in [1.165, 1.54) is 18.2 Å². The minimum atomic E-state index is -0.681. The average molecular weight is 559 g/mol. The molecular formula is C20H15Br2ClN2O5. The van der Waals surface area contributed by atoms with Crippen LogP contribution < -0.4 is 4.74 Å². The molecule has 0 fully saturated rings. The number of rotatable bonds is 6. The lowest BCUT2D eigenvalue weighted by Crippen LogP contribution is -2.06. The number of non-ortho nitro benzene ring substituents is 1. The van der Waals surface area contributed by atoms with Crippen molar-refractivity contribution in [2.45, 2.75) is 13.8 Å². The lowest BCUT2D eigenvalue weighted by atomic mass is 10.2. The van der Waals surface area contributed by atoms with Crippen molar-refractivity contribution in [2.75, 3.05) is 6.61 Å². The van der Waals surface area contributed by atoms with Gasteiger partial charge in [0.2, 0.25) is 5.90 Å². The number of nitro groups is 1. The normalized spacial score (nSPS) is 14.8. The zero-order chi connectivity index (χ0) is 22.0. The summed E-state index contributed by atoms with van der Waals surface area (Å²) in [6.07, 6.45) is 1.54. The van der Waals surface area contributed by atoms with Crippen LogP contribution in [0.1, 0.15) is 25.0 Å². The summed E-state index contributed by atoms with van der Waals surface area (Å²) in [4.78, 5) is 26.9. The monoisotopic (exact) mass is 556 g/mol. The molecule has 0 saturated heterocycles. The molecule has 0 aromatic heterocycles. The summed E-state index contributed by atoms with van der Waals surface area (Å²) in [5.41, 5.74) is 0.702. The maximum atomic E-state index is 12.3. The molecule has 0 spiro atoms. The van der Waals surface area contributed by atoms with E-state index in [0.29, 0.717) is 32.8 Å². The second-order valence-electron chi connectivity index (χ2n) is 6.78. The van der Waals surface area contributed by atoms with Gasteiger partial charge in [-0.25, -0.2) is 9.79 Å². The molecule has 0 amide bonds. The maximum absolute atomic E-state index is 12.3. The van der Waals surface area contributed by atoms with Gasteiger partial charge in [0, 0.05) is 12.1 Å². The minimum Gasteiger partial charge on any atom is -0.491 e. The molecule has 0 N–H and O–H groups in total. The third-order valence-electron chi connectivity index (χ3n) is 3.90. The number of nitro benzene ring substituents is 1. The zero-order valence-electron chi connectivity index (χ0n) is 15.8. The van der Waals surface area contributed by atoms with Crippen LogP contribution in [0.3, 0.4) is 0 Å². The van der Waals surface area contributed by atoms with Crippen LogP contribution in [0.15, 0.2) is 50.0 Å². The molecule has 2 aromatic carbocycles. The van der Waals surface area contributed by atoms with Gasteiger partial charge in [-0.15, -0.1) is 0 Å². The Morgan fingerprint density at radius 2 is 1.93 bits per heavy atom. The predicted octanol–water partition coefficient (Wildman–Crippen LogP) is 6.15. The third-order valence-corrected chi connectivity index (χ3v) is 5.40. The number of esters is 1. The molecule has 0 aliphatic carbocycles. The van der Waals surface area contributed by atoms with Crippen molar-refractivity contribution >= 4 is 67.1 Å². The van der Waals surface area contributed by atoms with E-state index >= 15 is 0 Å². The fourth-order valence-corrected chi connectivity index (χ4v) is 4.17. The first-order chi connectivity index (χ1) is 14.2. The van der Waals surface area contributed by atoms with Gasteiger partial charge in [0.25, 0.3) is 5.69 Å². The highest BCUT2D eigenvalue weighted by Crippen LogP contribution is 2.36. The van der Waals surface area contributed by atoms with Crippen molar-refractivity contribution in [3.8, 4) is 5.75 Å². The van der Waals surface area contributed by atoms with Gasteiger partial charge in [-0.05, 0) is 67.6 Å². The van der Waals surface area contributed by atoms with Crippen LogP contribution in [0.4, 0.5) is 5.69 Å². The second kappa shape index (κ2) is 9.28. The molecule has 7 nitrogen and oxygen atoms in total. The van der Waals surface area contributed by atoms with Crippen LogP contribution >= 0.6 is 43.5 Å². The standard InChI is InChI=1S/C20H15Br2ClN2O5/c1-10(2)9-29-18-14(21)5-11(6-15(18)22)7-17-20(26)30-19(24-17)13-8-12(25(27)28)3-4-16(13)23/h3-8,10H,9H2,1-2H3/b17-7-. The van der Waals surface area contributed by atoms with Gasteiger partial charge in [0.1, 0.15) is 5.75 Å². The van der Waals surface area contributed by atoms with Crippen LogP contribution in [0.5, 0.6) is 5.75 Å². The minimum absolute atomic E-state index is 0.0437. The van der Waals surface area contributed by atoms with Crippen molar-refractivity contribution in [3.05, 3.63) is 71.2 Å². The second-order valence-corrected chi connectivity index (χ2v) is 8.89. The Kier molecular flexibility index (Phi) is 6.95. The number of hydrogen-bond donors (Lipinski definition) is 0. The highest BCUT2D eigenvalue weighted by molar-refractivity contribution is 9.11. The van der Waals surface area contributed by atoms with E-state index in [9.17, 15) is 14.9 Å². The summed E-state index contributed by atoms with van der Waals surface area (Å²) in [5, 5.41) is 11.2. The number of carbonyl (C=O) groups is 1. The van der Waals surface area contributed by atoms with E-state index in [-0.39, 0.29) is 27.9 Å². The van der Waals surface area contributed by atoms with Crippen LogP contribution in [-0.2, 0) is 9.53 Å². The van der Waals surface area contributed by atoms with Gasteiger partial charge in [-0.1, -0.05) is 25.4 Å². The van der Waals surface area contributed by atoms with Crippen LogP contribution in [-0.4, -0.2) is 23.4 Å². The topological polar surface area (TPSA) is 91.0 Å². The van der Waals surface area contributed by atoms with Gasteiger partial charge in [0.05, 0.1) is 31.1 Å². The number of nitrogens with zero attached hydrogens (tertiary/aromatic N) is 2. The fourth-order valence-electron chi connectivity index (χ4n) is 2.52. The van der Waals surface area contributed by atoms with Gasteiger partial charge in [-0.2, -0.15) is 0 Å². The highest BCUT2D eigenvalue weighted by Gasteiger charge is 2.27. The number of benzene rings is 2. The quantitative estimate of drug-likeness (QED) is 0.184. The summed E-state index contributed by atoms with van der Waals surface area (Å²) >= 11 is 13.1. The Morgan fingerprint density at radius 3 is 2.53 bits per heavy atom. The Bertz CT molecular complexity index is 1080. The first kappa shape index (κ1) is 22.5. The molecule has 0 unspecified atom stereocenters. The van der Waals surface area contributed by atoms with Crippen molar-refractivity contribution in [1.29, 1.82) is 0 Å². The Balaban J connectivity index is 1.93. The fraction of sp³-hybridized carbons (Fsp3) is 0.200.